The zero-order valence-electron chi connectivity index (χ0n) is 21.9. The molecular weight excluding hydrogens is 525 g/mol. The number of benzene rings is 3. The molecule has 0 bridgehead atoms. The number of hydrogen-bond acceptors (Lipinski definition) is 6. The van der Waals surface area contributed by atoms with Crippen molar-refractivity contribution < 1.29 is 31.9 Å². The molecule has 206 valence electrons. The molecule has 2 heterocycles. The minimum absolute atomic E-state index is 0.00800. The van der Waals surface area contributed by atoms with Gasteiger partial charge in [0.1, 0.15) is 30.2 Å². The van der Waals surface area contributed by atoms with E-state index in [0.29, 0.717) is 29.2 Å². The molecule has 2 amide bonds. The molecule has 39 heavy (non-hydrogen) atoms. The Labute approximate surface area is 226 Å². The summed E-state index contributed by atoms with van der Waals surface area (Å²) < 4.78 is 55.6. The number of ether oxygens (including phenoxy) is 2. The smallest absolute Gasteiger partial charge is 0.410 e. The Balaban J connectivity index is 1.50. The van der Waals surface area contributed by atoms with Crippen molar-refractivity contribution in [3.63, 3.8) is 0 Å². The molecule has 2 aliphatic rings. The molecule has 1 atom stereocenters. The molecule has 5 rings (SSSR count). The molecule has 3 aromatic carbocycles. The number of anilines is 1. The van der Waals surface area contributed by atoms with E-state index in [0.717, 1.165) is 11.1 Å². The maximum Gasteiger partial charge on any atom is 0.410 e. The van der Waals surface area contributed by atoms with Crippen LogP contribution >= 0.6 is 0 Å². The highest BCUT2D eigenvalue weighted by molar-refractivity contribution is 7.92. The standard InChI is InChI=1S/C28H30FN3O6S/c1-28(2,3)38-27(34)31-12-11-21(15-31)19-9-10-20-14-23(37-17-18-7-5-4-6-8-18)26(25(29)22(20)13-19)32-16-24(33)30-39(32,35)36/h4-10,13-14,21H,11-12,15-17H2,1-3H3,(H,30,33)/t21-/m0/s1. The van der Waals surface area contributed by atoms with E-state index in [1.807, 2.05) is 61.9 Å². The predicted octanol–water partition coefficient (Wildman–Crippen LogP) is 4.46. The molecule has 11 heteroatoms. The fourth-order valence-corrected chi connectivity index (χ4v) is 6.00. The van der Waals surface area contributed by atoms with Crippen LogP contribution in [-0.2, 0) is 26.3 Å². The minimum Gasteiger partial charge on any atom is -0.487 e. The van der Waals surface area contributed by atoms with Gasteiger partial charge in [-0.2, -0.15) is 8.42 Å². The lowest BCUT2D eigenvalue weighted by Crippen LogP contribution is -2.35. The van der Waals surface area contributed by atoms with Crippen molar-refractivity contribution in [3.8, 4) is 5.75 Å². The Morgan fingerprint density at radius 3 is 2.54 bits per heavy atom. The van der Waals surface area contributed by atoms with Crippen LogP contribution in [0, 0.1) is 5.82 Å². The fraction of sp³-hybridized carbons (Fsp3) is 0.357. The van der Waals surface area contributed by atoms with Gasteiger partial charge >= 0.3 is 16.3 Å². The van der Waals surface area contributed by atoms with Crippen molar-refractivity contribution in [2.24, 2.45) is 0 Å². The van der Waals surface area contributed by atoms with Crippen LogP contribution in [0.5, 0.6) is 5.75 Å². The van der Waals surface area contributed by atoms with Crippen molar-refractivity contribution in [3.05, 3.63) is 71.5 Å². The zero-order chi connectivity index (χ0) is 27.9. The number of likely N-dealkylation sites (tertiary alicyclic amines) is 1. The third kappa shape index (κ3) is 5.63. The summed E-state index contributed by atoms with van der Waals surface area (Å²) in [7, 11) is -4.29. The first-order valence-electron chi connectivity index (χ1n) is 12.7. The summed E-state index contributed by atoms with van der Waals surface area (Å²) in [5, 5.41) is 0.709. The van der Waals surface area contributed by atoms with Crippen molar-refractivity contribution >= 4 is 38.7 Å². The van der Waals surface area contributed by atoms with E-state index in [1.54, 1.807) is 23.1 Å². The van der Waals surface area contributed by atoms with Gasteiger partial charge in [-0.25, -0.2) is 18.2 Å². The Morgan fingerprint density at radius 1 is 1.13 bits per heavy atom. The maximum atomic E-state index is 16.2. The molecule has 9 nitrogen and oxygen atoms in total. The Morgan fingerprint density at radius 2 is 1.87 bits per heavy atom. The number of carbonyl (C=O) groups is 2. The van der Waals surface area contributed by atoms with E-state index in [-0.39, 0.29) is 29.3 Å². The van der Waals surface area contributed by atoms with Gasteiger partial charge in [-0.1, -0.05) is 42.5 Å². The highest BCUT2D eigenvalue weighted by Gasteiger charge is 2.38. The number of carbonyl (C=O) groups excluding carboxylic acids is 2. The SMILES string of the molecule is CC(C)(C)OC(=O)N1CC[C@H](c2ccc3cc(OCc4ccccc4)c(N4CC(=O)NS4(=O)=O)c(F)c3c2)C1. The van der Waals surface area contributed by atoms with E-state index in [1.165, 1.54) is 0 Å². The van der Waals surface area contributed by atoms with Gasteiger partial charge in [-0.3, -0.25) is 4.79 Å². The molecule has 0 aromatic heterocycles. The average Bonchev–Trinajstić information content (AvgIpc) is 3.46. The third-order valence-electron chi connectivity index (χ3n) is 6.66. The molecule has 0 aliphatic carbocycles. The second-order valence-electron chi connectivity index (χ2n) is 10.7. The summed E-state index contributed by atoms with van der Waals surface area (Å²) in [4.78, 5) is 26.1. The van der Waals surface area contributed by atoms with Gasteiger partial charge in [0.2, 0.25) is 0 Å². The van der Waals surface area contributed by atoms with Crippen LogP contribution in [0.2, 0.25) is 0 Å². The van der Waals surface area contributed by atoms with Gasteiger partial charge in [0.15, 0.2) is 5.82 Å². The third-order valence-corrected chi connectivity index (χ3v) is 8.04. The summed E-state index contributed by atoms with van der Waals surface area (Å²) in [5.74, 6) is -1.60. The Kier molecular flexibility index (Phi) is 6.88. The molecular formula is C28H30FN3O6S. The molecule has 2 saturated heterocycles. The normalized spacial score (nSPS) is 18.9. The highest BCUT2D eigenvalue weighted by atomic mass is 32.2. The van der Waals surface area contributed by atoms with E-state index in [4.69, 9.17) is 9.47 Å². The van der Waals surface area contributed by atoms with Crippen LogP contribution in [-0.4, -0.2) is 50.6 Å². The monoisotopic (exact) mass is 555 g/mol. The second kappa shape index (κ2) is 10.0. The zero-order valence-corrected chi connectivity index (χ0v) is 22.8. The minimum atomic E-state index is -4.29. The molecule has 0 saturated carbocycles. The number of amides is 2. The van der Waals surface area contributed by atoms with Crippen LogP contribution in [0.15, 0.2) is 54.6 Å². The van der Waals surface area contributed by atoms with Crippen LogP contribution in [0.25, 0.3) is 10.8 Å². The second-order valence-corrected chi connectivity index (χ2v) is 12.3. The predicted molar refractivity (Wildman–Crippen MR) is 144 cm³/mol. The highest BCUT2D eigenvalue weighted by Crippen LogP contribution is 2.41. The average molecular weight is 556 g/mol. The fourth-order valence-electron chi connectivity index (χ4n) is 4.84. The van der Waals surface area contributed by atoms with Crippen LogP contribution in [0.3, 0.4) is 0 Å². The number of hydrogen-bond donors (Lipinski definition) is 1. The molecule has 2 fully saturated rings. The maximum absolute atomic E-state index is 16.2. The summed E-state index contributed by atoms with van der Waals surface area (Å²) in [6.07, 6.45) is 0.284. The number of nitrogens with one attached hydrogen (secondary N) is 1. The van der Waals surface area contributed by atoms with Crippen molar-refractivity contribution in [2.75, 3.05) is 23.9 Å². The van der Waals surface area contributed by atoms with E-state index in [9.17, 15) is 18.0 Å². The van der Waals surface area contributed by atoms with Gasteiger partial charge in [0, 0.05) is 24.4 Å². The summed E-state index contributed by atoms with van der Waals surface area (Å²) >= 11 is 0. The van der Waals surface area contributed by atoms with Gasteiger partial charge in [0.25, 0.3) is 5.91 Å². The van der Waals surface area contributed by atoms with Crippen LogP contribution < -0.4 is 13.8 Å². The number of fused-ring (bicyclic) bond motifs is 1. The van der Waals surface area contributed by atoms with Crippen molar-refractivity contribution in [1.82, 2.24) is 9.62 Å². The van der Waals surface area contributed by atoms with Gasteiger partial charge in [0.05, 0.1) is 0 Å². The number of rotatable bonds is 5. The molecule has 1 N–H and O–H groups in total. The first kappa shape index (κ1) is 26.7. The van der Waals surface area contributed by atoms with E-state index < -0.39 is 40.2 Å². The summed E-state index contributed by atoms with van der Waals surface area (Å²) in [6, 6.07) is 16.1. The topological polar surface area (TPSA) is 105 Å². The van der Waals surface area contributed by atoms with E-state index in [2.05, 4.69) is 0 Å². The van der Waals surface area contributed by atoms with Crippen molar-refractivity contribution in [2.45, 2.75) is 45.3 Å². The molecule has 2 aliphatic heterocycles. The van der Waals surface area contributed by atoms with Gasteiger partial charge in [-0.05, 0) is 55.8 Å². The van der Waals surface area contributed by atoms with E-state index >= 15 is 4.39 Å². The Hall–Kier alpha value is -3.86. The lowest BCUT2D eigenvalue weighted by molar-refractivity contribution is -0.117. The molecule has 0 spiro atoms. The lowest BCUT2D eigenvalue weighted by Gasteiger charge is -2.24. The summed E-state index contributed by atoms with van der Waals surface area (Å²) in [6.45, 7) is 5.88. The van der Waals surface area contributed by atoms with Gasteiger partial charge in [-0.15, -0.1) is 0 Å². The number of nitrogens with zero attached hydrogens (tertiary/aromatic N) is 2. The largest absolute Gasteiger partial charge is 0.487 e. The lowest BCUT2D eigenvalue weighted by atomic mass is 9.95. The quantitative estimate of drug-likeness (QED) is 0.498. The van der Waals surface area contributed by atoms with Crippen molar-refractivity contribution in [1.29, 1.82) is 0 Å². The summed E-state index contributed by atoms with van der Waals surface area (Å²) in [5.41, 5.74) is 0.698. The Bertz CT molecular complexity index is 1540. The molecule has 0 radical (unpaired) electrons. The molecule has 3 aromatic rings. The first-order valence-corrected chi connectivity index (χ1v) is 14.1. The molecule has 0 unspecified atom stereocenters. The van der Waals surface area contributed by atoms with Gasteiger partial charge < -0.3 is 14.4 Å². The van der Waals surface area contributed by atoms with Crippen LogP contribution in [0.1, 0.15) is 44.2 Å². The first-order chi connectivity index (χ1) is 18.4. The van der Waals surface area contributed by atoms with Crippen LogP contribution in [0.4, 0.5) is 14.9 Å². The number of halogens is 1.